The first-order valence-corrected chi connectivity index (χ1v) is 22.5. The zero-order valence-corrected chi connectivity index (χ0v) is 34.7. The normalized spacial score (nSPS) is 20.3. The summed E-state index contributed by atoms with van der Waals surface area (Å²) in [5.41, 5.74) is 19.7. The summed E-state index contributed by atoms with van der Waals surface area (Å²) in [7, 11) is 0. The van der Waals surface area contributed by atoms with Gasteiger partial charge >= 0.3 is 0 Å². The van der Waals surface area contributed by atoms with E-state index >= 15 is 0 Å². The molecule has 1 nitrogen and oxygen atoms in total. The van der Waals surface area contributed by atoms with Gasteiger partial charge in [0.2, 0.25) is 0 Å². The van der Waals surface area contributed by atoms with Crippen molar-refractivity contribution in [1.29, 1.82) is 0 Å². The van der Waals surface area contributed by atoms with Crippen LogP contribution < -0.4 is 4.90 Å². The average Bonchev–Trinajstić information content (AvgIpc) is 4.00. The highest BCUT2D eigenvalue weighted by molar-refractivity contribution is 5.98. The second-order valence-electron chi connectivity index (χ2n) is 18.7. The van der Waals surface area contributed by atoms with E-state index in [0.717, 1.165) is 11.8 Å². The van der Waals surface area contributed by atoms with Gasteiger partial charge in [-0.1, -0.05) is 167 Å². The smallest absolute Gasteiger partial charge is 0.0543 e. The zero-order valence-electron chi connectivity index (χ0n) is 34.7. The van der Waals surface area contributed by atoms with Gasteiger partial charge in [0, 0.05) is 22.4 Å². The van der Waals surface area contributed by atoms with Crippen LogP contribution in [0, 0.1) is 11.8 Å². The van der Waals surface area contributed by atoms with E-state index in [1.54, 1.807) is 0 Å². The zero-order chi connectivity index (χ0) is 39.5. The molecule has 0 heterocycles. The number of anilines is 3. The fourth-order valence-electron chi connectivity index (χ4n) is 12.0. The topological polar surface area (TPSA) is 3.24 Å². The number of benzene rings is 7. The number of rotatable bonds is 8. The highest BCUT2D eigenvalue weighted by Gasteiger charge is 2.40. The average molecular weight is 766 g/mol. The molecular formula is C58H55N. The molecule has 0 aliphatic heterocycles. The molecular weight excluding hydrogens is 711 g/mol. The molecule has 1 heteroatoms. The first-order chi connectivity index (χ1) is 29.0. The summed E-state index contributed by atoms with van der Waals surface area (Å²) >= 11 is 0. The lowest BCUT2D eigenvalue weighted by atomic mass is 9.81. The largest absolute Gasteiger partial charge is 0.310 e. The molecule has 7 aromatic rings. The Labute approximate surface area is 351 Å². The van der Waals surface area contributed by atoms with Crippen LogP contribution in [-0.2, 0) is 5.41 Å². The minimum Gasteiger partial charge on any atom is -0.310 e. The fraction of sp³-hybridized carbons (Fsp3) is 0.276. The molecule has 0 amide bonds. The van der Waals surface area contributed by atoms with E-state index in [4.69, 9.17) is 0 Å². The van der Waals surface area contributed by atoms with E-state index in [1.165, 1.54) is 142 Å². The number of fused-ring (bicyclic) bond motifs is 5. The quantitative estimate of drug-likeness (QED) is 0.149. The lowest BCUT2D eigenvalue weighted by Crippen LogP contribution is -2.17. The predicted molar refractivity (Wildman–Crippen MR) is 249 cm³/mol. The summed E-state index contributed by atoms with van der Waals surface area (Å²) in [6.45, 7) is 4.82. The monoisotopic (exact) mass is 765 g/mol. The van der Waals surface area contributed by atoms with Crippen LogP contribution in [0.15, 0.2) is 164 Å². The van der Waals surface area contributed by atoms with E-state index in [0.29, 0.717) is 11.8 Å². The molecule has 3 unspecified atom stereocenters. The second-order valence-corrected chi connectivity index (χ2v) is 18.7. The molecule has 3 fully saturated rings. The molecule has 59 heavy (non-hydrogen) atoms. The van der Waals surface area contributed by atoms with Gasteiger partial charge in [-0.05, 0) is 153 Å². The summed E-state index contributed by atoms with van der Waals surface area (Å²) in [6, 6.07) is 62.6. The van der Waals surface area contributed by atoms with Gasteiger partial charge < -0.3 is 4.90 Å². The summed E-state index contributed by atoms with van der Waals surface area (Å²) in [6.07, 6.45) is 12.3. The van der Waals surface area contributed by atoms with E-state index in [-0.39, 0.29) is 5.41 Å². The van der Waals surface area contributed by atoms with Gasteiger partial charge in [0.25, 0.3) is 0 Å². The number of hydrogen-bond acceptors (Lipinski definition) is 1. The van der Waals surface area contributed by atoms with Gasteiger partial charge in [-0.15, -0.1) is 0 Å². The molecule has 0 saturated heterocycles. The highest BCUT2D eigenvalue weighted by Crippen LogP contribution is 2.56. The van der Waals surface area contributed by atoms with Crippen molar-refractivity contribution in [3.8, 4) is 44.5 Å². The number of nitrogens with zero attached hydrogens (tertiary/aromatic N) is 1. The summed E-state index contributed by atoms with van der Waals surface area (Å²) in [5, 5.41) is 0. The summed E-state index contributed by atoms with van der Waals surface area (Å²) in [4.78, 5) is 2.57. The second kappa shape index (κ2) is 14.9. The molecule has 0 N–H and O–H groups in total. The highest BCUT2D eigenvalue weighted by atomic mass is 15.1. The maximum atomic E-state index is 2.57. The van der Waals surface area contributed by atoms with Crippen LogP contribution in [0.1, 0.15) is 106 Å². The third-order valence-electron chi connectivity index (χ3n) is 15.0. The van der Waals surface area contributed by atoms with Crippen molar-refractivity contribution in [3.05, 3.63) is 186 Å². The maximum Gasteiger partial charge on any atom is 0.0543 e. The fourth-order valence-corrected chi connectivity index (χ4v) is 12.0. The maximum absolute atomic E-state index is 2.57. The molecule has 3 atom stereocenters. The van der Waals surface area contributed by atoms with Crippen molar-refractivity contribution in [3.63, 3.8) is 0 Å². The Balaban J connectivity index is 1.11. The van der Waals surface area contributed by atoms with Crippen LogP contribution in [0.3, 0.4) is 0 Å². The van der Waals surface area contributed by atoms with E-state index < -0.39 is 0 Å². The van der Waals surface area contributed by atoms with Crippen LogP contribution in [0.25, 0.3) is 44.5 Å². The Hall–Kier alpha value is -5.66. The Kier molecular flexibility index (Phi) is 9.18. The number of hydrogen-bond donors (Lipinski definition) is 0. The van der Waals surface area contributed by atoms with Gasteiger partial charge in [-0.25, -0.2) is 0 Å². The first-order valence-electron chi connectivity index (χ1n) is 22.5. The van der Waals surface area contributed by atoms with E-state index in [2.05, 4.69) is 183 Å². The lowest BCUT2D eigenvalue weighted by molar-refractivity contribution is 0.420. The molecule has 7 aromatic carbocycles. The standard InChI is InChI=1S/C58H55N/c1-58(2)55-24-14-13-23-51(55)53-37-54(50-22-12-11-21-49(50)41-17-7-4-8-18-41)57(38-56(53)58)59(46-33-29-43(30-34-46)52-36-39-25-26-44(52)35-39)45-31-27-42(28-32-45)48-20-10-9-19-47(48)40-15-5-3-6-16-40/h4,7-14,17-24,27-34,37-40,44,52H,3,5-6,15-16,25-26,35-36H2,1-2H3. The Bertz CT molecular complexity index is 2630. The van der Waals surface area contributed by atoms with E-state index in [1.807, 2.05) is 0 Å². The SMILES string of the molecule is CC1(C)c2ccccc2-c2cc(-c3ccccc3-c3ccccc3)c(N(c3ccc(-c4ccccc4C4CCCCC4)cc3)c3ccc(C4CC5CCC4C5)cc3)cc21. The van der Waals surface area contributed by atoms with Crippen molar-refractivity contribution in [2.75, 3.05) is 4.90 Å². The molecule has 2 bridgehead atoms. The van der Waals surface area contributed by atoms with Crippen molar-refractivity contribution < 1.29 is 0 Å². The van der Waals surface area contributed by atoms with Gasteiger partial charge in [0.05, 0.1) is 5.69 Å². The van der Waals surface area contributed by atoms with Crippen LogP contribution in [0.5, 0.6) is 0 Å². The predicted octanol–water partition coefficient (Wildman–Crippen LogP) is 16.4. The third-order valence-corrected chi connectivity index (χ3v) is 15.0. The van der Waals surface area contributed by atoms with Crippen LogP contribution in [0.4, 0.5) is 17.1 Å². The molecule has 0 aromatic heterocycles. The van der Waals surface area contributed by atoms with Gasteiger partial charge in [0.15, 0.2) is 0 Å². The third kappa shape index (κ3) is 6.37. The van der Waals surface area contributed by atoms with Crippen molar-refractivity contribution in [1.82, 2.24) is 0 Å². The van der Waals surface area contributed by atoms with Crippen molar-refractivity contribution in [2.24, 2.45) is 11.8 Å². The Morgan fingerprint density at radius 1 is 0.458 bits per heavy atom. The van der Waals surface area contributed by atoms with Crippen molar-refractivity contribution in [2.45, 2.75) is 88.9 Å². The van der Waals surface area contributed by atoms with Gasteiger partial charge in [-0.3, -0.25) is 0 Å². The molecule has 292 valence electrons. The molecule has 3 saturated carbocycles. The summed E-state index contributed by atoms with van der Waals surface area (Å²) in [5.74, 6) is 3.13. The Morgan fingerprint density at radius 2 is 1.08 bits per heavy atom. The molecule has 4 aliphatic carbocycles. The minimum atomic E-state index is -0.137. The van der Waals surface area contributed by atoms with E-state index in [9.17, 15) is 0 Å². The lowest BCUT2D eigenvalue weighted by Gasteiger charge is -2.31. The molecule has 0 spiro atoms. The molecule has 4 aliphatic rings. The van der Waals surface area contributed by atoms with Gasteiger partial charge in [0.1, 0.15) is 0 Å². The van der Waals surface area contributed by atoms with Crippen LogP contribution in [-0.4, -0.2) is 0 Å². The summed E-state index contributed by atoms with van der Waals surface area (Å²) < 4.78 is 0. The van der Waals surface area contributed by atoms with Gasteiger partial charge in [-0.2, -0.15) is 0 Å². The molecule has 0 radical (unpaired) electrons. The first kappa shape index (κ1) is 36.4. The van der Waals surface area contributed by atoms with Crippen LogP contribution >= 0.6 is 0 Å². The molecule has 11 rings (SSSR count). The minimum absolute atomic E-state index is 0.137. The van der Waals surface area contributed by atoms with Crippen LogP contribution in [0.2, 0.25) is 0 Å². The Morgan fingerprint density at radius 3 is 1.80 bits per heavy atom. The van der Waals surface area contributed by atoms with Crippen molar-refractivity contribution >= 4 is 17.1 Å².